The number of rotatable bonds is 4. The van der Waals surface area contributed by atoms with E-state index in [1.807, 2.05) is 18.2 Å². The normalized spacial score (nSPS) is 15.5. The van der Waals surface area contributed by atoms with E-state index in [2.05, 4.69) is 9.97 Å². The number of hydrogen-bond acceptors (Lipinski definition) is 3. The molecule has 1 heterocycles. The zero-order valence-electron chi connectivity index (χ0n) is 9.07. The topological polar surface area (TPSA) is 63.9 Å². The Labute approximate surface area is 93.8 Å². The lowest BCUT2D eigenvalue weighted by atomic mass is 10.3. The number of aromatic amines is 1. The highest BCUT2D eigenvalue weighted by molar-refractivity contribution is 5.79. The lowest BCUT2D eigenvalue weighted by molar-refractivity contribution is 0.283. The van der Waals surface area contributed by atoms with Gasteiger partial charge in [0.1, 0.15) is 0 Å². The maximum atomic E-state index is 5.69. The summed E-state index contributed by atoms with van der Waals surface area (Å²) < 4.78 is 5.57. The molecular weight excluding hydrogens is 202 g/mol. The second-order valence-corrected chi connectivity index (χ2v) is 4.40. The number of ether oxygens (including phenoxy) is 1. The van der Waals surface area contributed by atoms with Crippen molar-refractivity contribution in [2.24, 2.45) is 5.92 Å². The van der Waals surface area contributed by atoms with Crippen LogP contribution in [0.15, 0.2) is 18.2 Å². The summed E-state index contributed by atoms with van der Waals surface area (Å²) in [5, 5.41) is 0. The maximum absolute atomic E-state index is 5.69. The fourth-order valence-corrected chi connectivity index (χ4v) is 1.80. The molecule has 0 atom stereocenters. The first-order chi connectivity index (χ1) is 7.81. The predicted octanol–water partition coefficient (Wildman–Crippen LogP) is 2.32. The van der Waals surface area contributed by atoms with E-state index in [0.29, 0.717) is 6.01 Å². The molecule has 0 bridgehead atoms. The smallest absolute Gasteiger partial charge is 0.294 e. The summed E-state index contributed by atoms with van der Waals surface area (Å²) in [7, 11) is 0. The van der Waals surface area contributed by atoms with Crippen molar-refractivity contribution in [3.05, 3.63) is 18.2 Å². The summed E-state index contributed by atoms with van der Waals surface area (Å²) in [5.41, 5.74) is 8.26. The molecule has 3 N–H and O–H groups in total. The fourth-order valence-electron chi connectivity index (χ4n) is 1.80. The third kappa shape index (κ3) is 1.96. The number of imidazole rings is 1. The molecule has 16 heavy (non-hydrogen) atoms. The molecule has 0 saturated heterocycles. The molecule has 0 unspecified atom stereocenters. The third-order valence-corrected chi connectivity index (χ3v) is 2.95. The van der Waals surface area contributed by atoms with Gasteiger partial charge in [-0.3, -0.25) is 0 Å². The lowest BCUT2D eigenvalue weighted by Crippen LogP contribution is -1.99. The number of benzene rings is 1. The van der Waals surface area contributed by atoms with Gasteiger partial charge in [0.05, 0.1) is 17.6 Å². The van der Waals surface area contributed by atoms with Gasteiger partial charge in [0.25, 0.3) is 6.01 Å². The lowest BCUT2D eigenvalue weighted by Gasteiger charge is -1.99. The molecular formula is C12H15N3O. The zero-order chi connectivity index (χ0) is 11.0. The van der Waals surface area contributed by atoms with Crippen molar-refractivity contribution in [1.82, 2.24) is 9.97 Å². The predicted molar refractivity (Wildman–Crippen MR) is 63.3 cm³/mol. The number of nitrogens with two attached hydrogens (primary N) is 1. The van der Waals surface area contributed by atoms with Crippen LogP contribution in [-0.4, -0.2) is 16.6 Å². The van der Waals surface area contributed by atoms with Crippen LogP contribution in [0.2, 0.25) is 0 Å². The molecule has 3 rings (SSSR count). The van der Waals surface area contributed by atoms with Crippen LogP contribution >= 0.6 is 0 Å². The average molecular weight is 217 g/mol. The Morgan fingerprint density at radius 1 is 1.44 bits per heavy atom. The monoisotopic (exact) mass is 217 g/mol. The number of H-pyrrole nitrogens is 1. The Kier molecular flexibility index (Phi) is 2.20. The van der Waals surface area contributed by atoms with Gasteiger partial charge in [0.2, 0.25) is 0 Å². The summed E-state index contributed by atoms with van der Waals surface area (Å²) in [6, 6.07) is 6.21. The second-order valence-electron chi connectivity index (χ2n) is 4.40. The highest BCUT2D eigenvalue weighted by Gasteiger charge is 2.20. The van der Waals surface area contributed by atoms with Crippen LogP contribution in [0.25, 0.3) is 11.0 Å². The van der Waals surface area contributed by atoms with Gasteiger partial charge in [-0.05, 0) is 30.5 Å². The van der Waals surface area contributed by atoms with Crippen molar-refractivity contribution < 1.29 is 4.74 Å². The first-order valence-electron chi connectivity index (χ1n) is 5.69. The molecule has 2 aromatic rings. The first-order valence-corrected chi connectivity index (χ1v) is 5.69. The maximum Gasteiger partial charge on any atom is 0.294 e. The van der Waals surface area contributed by atoms with Crippen molar-refractivity contribution in [2.45, 2.75) is 19.3 Å². The van der Waals surface area contributed by atoms with E-state index in [9.17, 15) is 0 Å². The van der Waals surface area contributed by atoms with Crippen LogP contribution < -0.4 is 10.5 Å². The van der Waals surface area contributed by atoms with Crippen LogP contribution in [0, 0.1) is 5.92 Å². The SMILES string of the molecule is Nc1ccc2nc(OCCC3CC3)[nH]c2c1. The number of hydrogen-bond donors (Lipinski definition) is 2. The van der Waals surface area contributed by atoms with Gasteiger partial charge < -0.3 is 15.5 Å². The number of nitrogens with zero attached hydrogens (tertiary/aromatic N) is 1. The van der Waals surface area contributed by atoms with E-state index in [-0.39, 0.29) is 0 Å². The molecule has 84 valence electrons. The number of anilines is 1. The van der Waals surface area contributed by atoms with Crippen molar-refractivity contribution >= 4 is 16.7 Å². The summed E-state index contributed by atoms with van der Waals surface area (Å²) in [6.07, 6.45) is 3.86. The Balaban J connectivity index is 1.71. The molecule has 1 aliphatic carbocycles. The van der Waals surface area contributed by atoms with E-state index in [4.69, 9.17) is 10.5 Å². The second kappa shape index (κ2) is 3.70. The van der Waals surface area contributed by atoms with E-state index >= 15 is 0 Å². The first kappa shape index (κ1) is 9.51. The van der Waals surface area contributed by atoms with Crippen molar-refractivity contribution in [3.63, 3.8) is 0 Å². The van der Waals surface area contributed by atoms with E-state index in [0.717, 1.165) is 35.7 Å². The van der Waals surface area contributed by atoms with Gasteiger partial charge >= 0.3 is 0 Å². The molecule has 1 fully saturated rings. The molecule has 1 aromatic carbocycles. The minimum atomic E-state index is 0.598. The van der Waals surface area contributed by atoms with Crippen molar-refractivity contribution in [2.75, 3.05) is 12.3 Å². The van der Waals surface area contributed by atoms with Gasteiger partial charge in [-0.25, -0.2) is 0 Å². The number of aromatic nitrogens is 2. The Bertz CT molecular complexity index is 502. The minimum Gasteiger partial charge on any atom is -0.465 e. The molecule has 4 heteroatoms. The molecule has 1 aliphatic rings. The van der Waals surface area contributed by atoms with E-state index in [1.54, 1.807) is 0 Å². The highest BCUT2D eigenvalue weighted by Crippen LogP contribution is 2.32. The van der Waals surface area contributed by atoms with Gasteiger partial charge in [-0.2, -0.15) is 4.98 Å². The quantitative estimate of drug-likeness (QED) is 0.772. The zero-order valence-corrected chi connectivity index (χ0v) is 9.07. The molecule has 0 aliphatic heterocycles. The molecule has 4 nitrogen and oxygen atoms in total. The van der Waals surface area contributed by atoms with Crippen LogP contribution in [0.1, 0.15) is 19.3 Å². The summed E-state index contributed by atoms with van der Waals surface area (Å²) in [4.78, 5) is 7.45. The van der Waals surface area contributed by atoms with E-state index < -0.39 is 0 Å². The van der Waals surface area contributed by atoms with Gasteiger partial charge in [-0.1, -0.05) is 12.8 Å². The van der Waals surface area contributed by atoms with Crippen molar-refractivity contribution in [1.29, 1.82) is 0 Å². The number of nitrogen functional groups attached to an aromatic ring is 1. The standard InChI is InChI=1S/C12H15N3O/c13-9-3-4-10-11(7-9)15-12(14-10)16-6-5-8-1-2-8/h3-4,7-8H,1-2,5-6,13H2,(H,14,15). The Morgan fingerprint density at radius 3 is 3.12 bits per heavy atom. The van der Waals surface area contributed by atoms with Crippen LogP contribution in [0.4, 0.5) is 5.69 Å². The largest absolute Gasteiger partial charge is 0.465 e. The Morgan fingerprint density at radius 2 is 2.31 bits per heavy atom. The molecule has 0 spiro atoms. The Hall–Kier alpha value is -1.71. The number of fused-ring (bicyclic) bond motifs is 1. The molecule has 0 radical (unpaired) electrons. The minimum absolute atomic E-state index is 0.598. The molecule has 1 saturated carbocycles. The van der Waals surface area contributed by atoms with Gasteiger partial charge in [0.15, 0.2) is 0 Å². The summed E-state index contributed by atoms with van der Waals surface area (Å²) >= 11 is 0. The van der Waals surface area contributed by atoms with Crippen LogP contribution in [-0.2, 0) is 0 Å². The van der Waals surface area contributed by atoms with Crippen LogP contribution in [0.5, 0.6) is 6.01 Å². The highest BCUT2D eigenvalue weighted by atomic mass is 16.5. The van der Waals surface area contributed by atoms with Crippen LogP contribution in [0.3, 0.4) is 0 Å². The molecule has 1 aromatic heterocycles. The van der Waals surface area contributed by atoms with Gasteiger partial charge in [-0.15, -0.1) is 0 Å². The number of nitrogens with one attached hydrogen (secondary N) is 1. The summed E-state index contributed by atoms with van der Waals surface area (Å²) in [5.74, 6) is 0.889. The van der Waals surface area contributed by atoms with Gasteiger partial charge in [0, 0.05) is 5.69 Å². The fraction of sp³-hybridized carbons (Fsp3) is 0.417. The molecule has 0 amide bonds. The average Bonchev–Trinajstić information content (AvgIpc) is 2.98. The summed E-state index contributed by atoms with van der Waals surface area (Å²) in [6.45, 7) is 0.750. The third-order valence-electron chi connectivity index (χ3n) is 2.95. The van der Waals surface area contributed by atoms with E-state index in [1.165, 1.54) is 12.8 Å². The van der Waals surface area contributed by atoms with Crippen molar-refractivity contribution in [3.8, 4) is 6.01 Å².